The highest BCUT2D eigenvalue weighted by Gasteiger charge is 2.15. The minimum Gasteiger partial charge on any atom is -0.550 e. The molecule has 1 aromatic heterocycles. The van der Waals surface area contributed by atoms with Gasteiger partial charge in [0, 0.05) is 22.5 Å². The van der Waals surface area contributed by atoms with Crippen LogP contribution in [0.15, 0.2) is 39.5 Å². The molecule has 0 bridgehead atoms. The van der Waals surface area contributed by atoms with Crippen molar-refractivity contribution in [2.75, 3.05) is 0 Å². The highest BCUT2D eigenvalue weighted by atomic mass is 35.5. The van der Waals surface area contributed by atoms with E-state index in [1.165, 1.54) is 0 Å². The summed E-state index contributed by atoms with van der Waals surface area (Å²) in [6.45, 7) is 3.85. The molecule has 0 spiro atoms. The van der Waals surface area contributed by atoms with E-state index in [2.05, 4.69) is 0 Å². The number of hydrogen-bond acceptors (Lipinski definition) is 5. The smallest absolute Gasteiger partial charge is 0.339 e. The molecule has 0 fully saturated rings. The summed E-state index contributed by atoms with van der Waals surface area (Å²) in [4.78, 5) is 23.0. The number of carbonyl (C=O) groups excluding carboxylic acids is 1. The van der Waals surface area contributed by atoms with Gasteiger partial charge in [-0.05, 0) is 62.1 Å². The van der Waals surface area contributed by atoms with Gasteiger partial charge in [-0.15, -0.1) is 0 Å². The molecule has 1 heterocycles. The van der Waals surface area contributed by atoms with Crippen molar-refractivity contribution in [1.29, 1.82) is 0 Å². The molecule has 0 aliphatic rings. The van der Waals surface area contributed by atoms with Crippen LogP contribution >= 0.6 is 23.2 Å². The average Bonchev–Trinajstić information content (AvgIpc) is 2.64. The lowest BCUT2D eigenvalue weighted by molar-refractivity contribution is -0.305. The van der Waals surface area contributed by atoms with Crippen molar-refractivity contribution in [2.24, 2.45) is 0 Å². The van der Waals surface area contributed by atoms with Crippen molar-refractivity contribution in [3.8, 4) is 5.75 Å². The van der Waals surface area contributed by atoms with Crippen LogP contribution in [0.5, 0.6) is 5.75 Å². The molecule has 0 saturated heterocycles. The van der Waals surface area contributed by atoms with Crippen LogP contribution in [-0.4, -0.2) is 5.97 Å². The molecular weight excluding hydrogens is 403 g/mol. The Hall–Kier alpha value is -2.50. The van der Waals surface area contributed by atoms with Gasteiger partial charge in [-0.2, -0.15) is 0 Å². The first-order chi connectivity index (χ1) is 13.3. The topological polar surface area (TPSA) is 79.6 Å². The first kappa shape index (κ1) is 20.2. The van der Waals surface area contributed by atoms with E-state index in [9.17, 15) is 14.7 Å². The Bertz CT molecular complexity index is 1120. The Morgan fingerprint density at radius 3 is 2.54 bits per heavy atom. The quantitative estimate of drug-likeness (QED) is 0.564. The van der Waals surface area contributed by atoms with Crippen LogP contribution in [-0.2, 0) is 17.8 Å². The maximum absolute atomic E-state index is 12.3. The van der Waals surface area contributed by atoms with Gasteiger partial charge in [0.25, 0.3) is 0 Å². The van der Waals surface area contributed by atoms with E-state index in [4.69, 9.17) is 32.4 Å². The summed E-state index contributed by atoms with van der Waals surface area (Å²) in [6.07, 6.45) is -0.165. The lowest BCUT2D eigenvalue weighted by Gasteiger charge is -2.13. The number of aryl methyl sites for hydroxylation is 2. The third kappa shape index (κ3) is 4.16. The first-order valence-electron chi connectivity index (χ1n) is 8.60. The molecule has 28 heavy (non-hydrogen) atoms. The van der Waals surface area contributed by atoms with Crippen LogP contribution in [0.1, 0.15) is 28.7 Å². The van der Waals surface area contributed by atoms with Crippen LogP contribution in [0.4, 0.5) is 0 Å². The molecule has 0 aliphatic carbocycles. The van der Waals surface area contributed by atoms with Crippen molar-refractivity contribution in [3.05, 3.63) is 73.1 Å². The van der Waals surface area contributed by atoms with Crippen molar-refractivity contribution in [3.63, 3.8) is 0 Å². The summed E-state index contributed by atoms with van der Waals surface area (Å²) in [5, 5.41) is 12.4. The lowest BCUT2D eigenvalue weighted by atomic mass is 10.0. The predicted octanol–water partition coefficient (Wildman–Crippen LogP) is 3.98. The molecule has 0 unspecified atom stereocenters. The summed E-state index contributed by atoms with van der Waals surface area (Å²) in [5.74, 6) is -0.635. The van der Waals surface area contributed by atoms with Gasteiger partial charge in [0.2, 0.25) is 0 Å². The monoisotopic (exact) mass is 419 g/mol. The molecule has 0 aliphatic heterocycles. The SMILES string of the molecule is Cc1c(CCC(=O)[O-])c(=O)oc2c(C)c(OCc3ccc(Cl)c(Cl)c3)ccc12. The zero-order chi connectivity index (χ0) is 20.4. The number of carbonyl (C=O) groups is 1. The van der Waals surface area contributed by atoms with E-state index in [1.807, 2.05) is 6.07 Å². The van der Waals surface area contributed by atoms with Crippen LogP contribution in [0, 0.1) is 13.8 Å². The minimum absolute atomic E-state index is 0.0705. The summed E-state index contributed by atoms with van der Waals surface area (Å²) >= 11 is 11.9. The maximum atomic E-state index is 12.3. The van der Waals surface area contributed by atoms with E-state index >= 15 is 0 Å². The van der Waals surface area contributed by atoms with Gasteiger partial charge in [0.15, 0.2) is 0 Å². The van der Waals surface area contributed by atoms with Crippen LogP contribution < -0.4 is 15.5 Å². The van der Waals surface area contributed by atoms with Crippen LogP contribution in [0.25, 0.3) is 11.0 Å². The fraction of sp³-hybridized carbons (Fsp3) is 0.238. The number of benzene rings is 2. The molecule has 0 atom stereocenters. The van der Waals surface area contributed by atoms with Crippen LogP contribution in [0.2, 0.25) is 10.0 Å². The number of aliphatic carboxylic acids is 1. The number of halogens is 2. The summed E-state index contributed by atoms with van der Waals surface area (Å²) < 4.78 is 11.3. The fourth-order valence-electron chi connectivity index (χ4n) is 3.03. The van der Waals surface area contributed by atoms with E-state index in [0.717, 1.165) is 10.9 Å². The molecule has 0 radical (unpaired) electrons. The number of rotatable bonds is 6. The molecule has 0 N–H and O–H groups in total. The number of carboxylic acids is 1. The van der Waals surface area contributed by atoms with Crippen molar-refractivity contribution in [1.82, 2.24) is 0 Å². The Labute approximate surface area is 171 Å². The molecule has 2 aromatic carbocycles. The average molecular weight is 420 g/mol. The van der Waals surface area contributed by atoms with Crippen molar-refractivity contribution in [2.45, 2.75) is 33.3 Å². The summed E-state index contributed by atoms with van der Waals surface area (Å²) in [6, 6.07) is 8.84. The van der Waals surface area contributed by atoms with Gasteiger partial charge in [-0.1, -0.05) is 29.3 Å². The number of fused-ring (bicyclic) bond motifs is 1. The molecule has 146 valence electrons. The molecule has 7 heteroatoms. The second-order valence-electron chi connectivity index (χ2n) is 6.47. The Balaban J connectivity index is 1.92. The normalized spacial score (nSPS) is 11.0. The molecule has 3 aromatic rings. The molecule has 0 amide bonds. The highest BCUT2D eigenvalue weighted by molar-refractivity contribution is 6.42. The maximum Gasteiger partial charge on any atom is 0.339 e. The van der Waals surface area contributed by atoms with Gasteiger partial charge < -0.3 is 19.1 Å². The fourth-order valence-corrected chi connectivity index (χ4v) is 3.35. The third-order valence-corrected chi connectivity index (χ3v) is 5.35. The second kappa shape index (κ2) is 8.25. The molecule has 5 nitrogen and oxygen atoms in total. The molecule has 3 rings (SSSR count). The largest absolute Gasteiger partial charge is 0.550 e. The lowest BCUT2D eigenvalue weighted by Crippen LogP contribution is -2.24. The Morgan fingerprint density at radius 2 is 1.86 bits per heavy atom. The number of hydrogen-bond donors (Lipinski definition) is 0. The van der Waals surface area contributed by atoms with E-state index in [1.54, 1.807) is 38.1 Å². The number of ether oxygens (including phenoxy) is 1. The third-order valence-electron chi connectivity index (χ3n) is 4.61. The van der Waals surface area contributed by atoms with Crippen molar-refractivity contribution >= 4 is 40.1 Å². The molecular formula is C21H17Cl2O5-. The van der Waals surface area contributed by atoms with Crippen molar-refractivity contribution < 1.29 is 19.1 Å². The Morgan fingerprint density at radius 1 is 1.11 bits per heavy atom. The molecule has 0 saturated carbocycles. The van der Waals surface area contributed by atoms with Gasteiger partial charge in [-0.3, -0.25) is 0 Å². The predicted molar refractivity (Wildman–Crippen MR) is 106 cm³/mol. The van der Waals surface area contributed by atoms with E-state index in [-0.39, 0.29) is 19.4 Å². The number of carboxylic acid groups (broad SMARTS) is 1. The zero-order valence-corrected chi connectivity index (χ0v) is 16.8. The first-order valence-corrected chi connectivity index (χ1v) is 9.36. The highest BCUT2D eigenvalue weighted by Crippen LogP contribution is 2.30. The van der Waals surface area contributed by atoms with E-state index < -0.39 is 11.6 Å². The van der Waals surface area contributed by atoms with Gasteiger partial charge >= 0.3 is 5.63 Å². The van der Waals surface area contributed by atoms with E-state index in [0.29, 0.717) is 38.1 Å². The standard InChI is InChI=1S/C21H18Cl2O5/c1-11-14-4-7-18(27-10-13-3-6-16(22)17(23)9-13)12(2)20(14)28-21(26)15(11)5-8-19(24)25/h3-4,6-7,9H,5,8,10H2,1-2H3,(H,24,25)/p-1. The van der Waals surface area contributed by atoms with Crippen LogP contribution in [0.3, 0.4) is 0 Å². The van der Waals surface area contributed by atoms with Gasteiger partial charge in [0.05, 0.1) is 10.0 Å². The second-order valence-corrected chi connectivity index (χ2v) is 7.28. The van der Waals surface area contributed by atoms with Gasteiger partial charge in [-0.25, -0.2) is 4.79 Å². The Kier molecular flexibility index (Phi) is 5.96. The zero-order valence-electron chi connectivity index (χ0n) is 15.3. The summed E-state index contributed by atoms with van der Waals surface area (Å²) in [5.41, 5.74) is 2.46. The summed E-state index contributed by atoms with van der Waals surface area (Å²) in [7, 11) is 0. The minimum atomic E-state index is -1.21. The van der Waals surface area contributed by atoms with Gasteiger partial charge in [0.1, 0.15) is 17.9 Å².